The van der Waals surface area contributed by atoms with E-state index in [1.807, 2.05) is 12.1 Å². The molecule has 0 saturated heterocycles. The molecule has 0 aromatic heterocycles. The number of hydrogen-bond acceptors (Lipinski definition) is 4. The van der Waals surface area contributed by atoms with E-state index in [1.165, 1.54) is 0 Å². The van der Waals surface area contributed by atoms with Gasteiger partial charge in [-0.15, -0.1) is 0 Å². The van der Waals surface area contributed by atoms with Crippen LogP contribution in [-0.4, -0.2) is 35.5 Å². The third-order valence-corrected chi connectivity index (χ3v) is 4.55. The minimum Gasteiger partial charge on any atom is -0.486 e. The summed E-state index contributed by atoms with van der Waals surface area (Å²) in [6, 6.07) is 4.40. The van der Waals surface area contributed by atoms with Crippen LogP contribution in [0.4, 0.5) is 0 Å². The average Bonchev–Trinajstić information content (AvgIpc) is 2.43. The van der Waals surface area contributed by atoms with Gasteiger partial charge in [-0.05, 0) is 47.0 Å². The second-order valence-electron chi connectivity index (χ2n) is 4.95. The molecule has 2 rings (SSSR count). The lowest BCUT2D eigenvalue weighted by atomic mass is 10.1. The molecule has 1 aromatic rings. The van der Waals surface area contributed by atoms with Gasteiger partial charge in [0.1, 0.15) is 13.2 Å². The molecule has 6 heteroatoms. The number of hydrogen-bond donors (Lipinski definition) is 1. The highest BCUT2D eigenvalue weighted by molar-refractivity contribution is 9.10. The predicted octanol–water partition coefficient (Wildman–Crippen LogP) is 2.47. The lowest BCUT2D eigenvalue weighted by Gasteiger charge is -2.21. The molecule has 0 spiro atoms. The summed E-state index contributed by atoms with van der Waals surface area (Å²) in [6.45, 7) is 4.05. The van der Waals surface area contributed by atoms with Crippen LogP contribution in [-0.2, 0) is 17.3 Å². The molecule has 0 aliphatic carbocycles. The normalized spacial score (nSPS) is 16.8. The van der Waals surface area contributed by atoms with E-state index in [0.29, 0.717) is 19.3 Å². The van der Waals surface area contributed by atoms with Crippen molar-refractivity contribution in [1.29, 1.82) is 0 Å². The second kappa shape index (κ2) is 7.43. The molecule has 2 unspecified atom stereocenters. The first-order valence-electron chi connectivity index (χ1n) is 6.67. The van der Waals surface area contributed by atoms with Gasteiger partial charge in [-0.25, -0.2) is 0 Å². The van der Waals surface area contributed by atoms with Gasteiger partial charge in [-0.1, -0.05) is 0 Å². The van der Waals surface area contributed by atoms with E-state index in [1.54, 1.807) is 6.26 Å². The number of halogens is 1. The van der Waals surface area contributed by atoms with Crippen LogP contribution >= 0.6 is 15.9 Å². The van der Waals surface area contributed by atoms with E-state index in [9.17, 15) is 4.21 Å². The molecule has 0 bridgehead atoms. The van der Waals surface area contributed by atoms with Crippen LogP contribution in [0.3, 0.4) is 0 Å². The zero-order valence-corrected chi connectivity index (χ0v) is 14.2. The summed E-state index contributed by atoms with van der Waals surface area (Å²) in [5.74, 6) is 2.32. The third kappa shape index (κ3) is 4.46. The standard InChI is InChI=1S/C14H20BrNO3S/c1-10(3-6-20(2)17)16-9-11-7-12(15)14-13(8-11)18-4-5-19-14/h7-8,10,16H,3-6,9H2,1-2H3. The molecule has 1 heterocycles. The number of fused-ring (bicyclic) bond motifs is 1. The van der Waals surface area contributed by atoms with Crippen LogP contribution in [0.1, 0.15) is 18.9 Å². The van der Waals surface area contributed by atoms with E-state index in [2.05, 4.69) is 28.2 Å². The van der Waals surface area contributed by atoms with Gasteiger partial charge in [0, 0.05) is 35.4 Å². The Morgan fingerprint density at radius 2 is 2.15 bits per heavy atom. The lowest BCUT2D eigenvalue weighted by Crippen LogP contribution is -2.27. The molecule has 1 aliphatic heterocycles. The summed E-state index contributed by atoms with van der Waals surface area (Å²) in [5, 5.41) is 3.44. The van der Waals surface area contributed by atoms with E-state index < -0.39 is 10.8 Å². The van der Waals surface area contributed by atoms with Crippen LogP contribution in [0.25, 0.3) is 0 Å². The Morgan fingerprint density at radius 3 is 2.90 bits per heavy atom. The Morgan fingerprint density at radius 1 is 1.40 bits per heavy atom. The molecule has 20 heavy (non-hydrogen) atoms. The SMILES string of the molecule is CC(CCS(C)=O)NCc1cc(Br)c2c(c1)OCCO2. The first-order chi connectivity index (χ1) is 9.56. The Hall–Kier alpha value is -0.590. The summed E-state index contributed by atoms with van der Waals surface area (Å²) in [4.78, 5) is 0. The average molecular weight is 362 g/mol. The quantitative estimate of drug-likeness (QED) is 0.845. The molecule has 0 radical (unpaired) electrons. The van der Waals surface area contributed by atoms with E-state index >= 15 is 0 Å². The van der Waals surface area contributed by atoms with Crippen molar-refractivity contribution in [2.75, 3.05) is 25.2 Å². The maximum absolute atomic E-state index is 11.1. The first kappa shape index (κ1) is 15.8. The fourth-order valence-corrected chi connectivity index (χ4v) is 3.29. The van der Waals surface area contributed by atoms with Crippen molar-refractivity contribution in [3.63, 3.8) is 0 Å². The summed E-state index contributed by atoms with van der Waals surface area (Å²) in [7, 11) is -0.724. The van der Waals surface area contributed by atoms with Crippen molar-refractivity contribution in [3.05, 3.63) is 22.2 Å². The monoisotopic (exact) mass is 361 g/mol. The Labute approximate surface area is 130 Å². The number of rotatable bonds is 6. The summed E-state index contributed by atoms with van der Waals surface area (Å²) in [5.41, 5.74) is 1.14. The highest BCUT2D eigenvalue weighted by Gasteiger charge is 2.16. The van der Waals surface area contributed by atoms with Gasteiger partial charge < -0.3 is 14.8 Å². The van der Waals surface area contributed by atoms with Gasteiger partial charge in [-0.2, -0.15) is 0 Å². The predicted molar refractivity (Wildman–Crippen MR) is 85.0 cm³/mol. The van der Waals surface area contributed by atoms with Crippen LogP contribution in [0.15, 0.2) is 16.6 Å². The van der Waals surface area contributed by atoms with Crippen molar-refractivity contribution in [1.82, 2.24) is 5.32 Å². The van der Waals surface area contributed by atoms with Gasteiger partial charge >= 0.3 is 0 Å². The number of nitrogens with one attached hydrogen (secondary N) is 1. The van der Waals surface area contributed by atoms with Crippen LogP contribution < -0.4 is 14.8 Å². The maximum Gasteiger partial charge on any atom is 0.175 e. The van der Waals surface area contributed by atoms with Crippen molar-refractivity contribution in [3.8, 4) is 11.5 Å². The topological polar surface area (TPSA) is 47.6 Å². The van der Waals surface area contributed by atoms with E-state index in [4.69, 9.17) is 9.47 Å². The fourth-order valence-electron chi connectivity index (χ4n) is 2.00. The maximum atomic E-state index is 11.1. The van der Waals surface area contributed by atoms with Gasteiger partial charge in [0.15, 0.2) is 11.5 Å². The van der Waals surface area contributed by atoms with E-state index in [0.717, 1.165) is 40.3 Å². The summed E-state index contributed by atoms with van der Waals surface area (Å²) in [6.07, 6.45) is 2.65. The molecule has 1 N–H and O–H groups in total. The molecule has 1 aliphatic rings. The Kier molecular flexibility index (Phi) is 5.86. The van der Waals surface area contributed by atoms with Crippen molar-refractivity contribution < 1.29 is 13.7 Å². The highest BCUT2D eigenvalue weighted by Crippen LogP contribution is 2.38. The number of benzene rings is 1. The van der Waals surface area contributed by atoms with Gasteiger partial charge in [0.2, 0.25) is 0 Å². The minimum atomic E-state index is -0.724. The molecular formula is C14H20BrNO3S. The van der Waals surface area contributed by atoms with Crippen molar-refractivity contribution in [2.45, 2.75) is 25.9 Å². The van der Waals surface area contributed by atoms with Gasteiger partial charge in [0.25, 0.3) is 0 Å². The van der Waals surface area contributed by atoms with Crippen LogP contribution in [0, 0.1) is 0 Å². The fraction of sp³-hybridized carbons (Fsp3) is 0.571. The summed E-state index contributed by atoms with van der Waals surface area (Å²) >= 11 is 3.52. The molecule has 0 amide bonds. The molecular weight excluding hydrogens is 342 g/mol. The van der Waals surface area contributed by atoms with E-state index in [-0.39, 0.29) is 0 Å². The molecule has 2 atom stereocenters. The zero-order valence-electron chi connectivity index (χ0n) is 11.8. The molecule has 1 aromatic carbocycles. The zero-order chi connectivity index (χ0) is 14.5. The van der Waals surface area contributed by atoms with Gasteiger partial charge in [-0.3, -0.25) is 4.21 Å². The van der Waals surface area contributed by atoms with Crippen molar-refractivity contribution in [2.24, 2.45) is 0 Å². The number of ether oxygens (including phenoxy) is 2. The molecule has 112 valence electrons. The van der Waals surface area contributed by atoms with Crippen molar-refractivity contribution >= 4 is 26.7 Å². The van der Waals surface area contributed by atoms with Gasteiger partial charge in [0.05, 0.1) is 4.47 Å². The molecule has 4 nitrogen and oxygen atoms in total. The smallest absolute Gasteiger partial charge is 0.175 e. The third-order valence-electron chi connectivity index (χ3n) is 3.15. The second-order valence-corrected chi connectivity index (χ2v) is 7.36. The van der Waals surface area contributed by atoms with Crippen LogP contribution in [0.5, 0.6) is 11.5 Å². The highest BCUT2D eigenvalue weighted by atomic mass is 79.9. The first-order valence-corrected chi connectivity index (χ1v) is 9.19. The largest absolute Gasteiger partial charge is 0.486 e. The summed E-state index contributed by atoms with van der Waals surface area (Å²) < 4.78 is 23.2. The molecule has 0 saturated carbocycles. The van der Waals surface area contributed by atoms with Crippen LogP contribution in [0.2, 0.25) is 0 Å². The lowest BCUT2D eigenvalue weighted by molar-refractivity contribution is 0.170. The molecule has 0 fully saturated rings. The Balaban J connectivity index is 1.93. The Bertz CT molecular complexity index is 496. The minimum absolute atomic E-state index is 0.339.